The van der Waals surface area contributed by atoms with Gasteiger partial charge < -0.3 is 4.74 Å². The van der Waals surface area contributed by atoms with Crippen LogP contribution < -0.4 is 5.56 Å². The minimum Gasteiger partial charge on any atom is -0.376 e. The predicted octanol–water partition coefficient (Wildman–Crippen LogP) is 4.15. The molecule has 2 aromatic carbocycles. The van der Waals surface area contributed by atoms with Gasteiger partial charge in [-0.15, -0.1) is 0 Å². The van der Waals surface area contributed by atoms with Gasteiger partial charge in [-0.2, -0.15) is 0 Å². The number of nitrogens with zero attached hydrogens (tertiary/aromatic N) is 2. The Hall–Kier alpha value is -2.25. The fraction of sp³-hybridized carbons (Fsp3) is 0.300. The summed E-state index contributed by atoms with van der Waals surface area (Å²) in [4.78, 5) is 17.6. The van der Waals surface area contributed by atoms with E-state index in [2.05, 4.69) is 4.98 Å². The Labute approximate surface area is 159 Å². The van der Waals surface area contributed by atoms with E-state index in [9.17, 15) is 13.6 Å². The van der Waals surface area contributed by atoms with E-state index in [0.29, 0.717) is 40.5 Å². The van der Waals surface area contributed by atoms with Gasteiger partial charge >= 0.3 is 0 Å². The second-order valence-electron chi connectivity index (χ2n) is 6.53. The number of thioether (sulfide) groups is 1. The van der Waals surface area contributed by atoms with Gasteiger partial charge in [-0.3, -0.25) is 9.36 Å². The van der Waals surface area contributed by atoms with Gasteiger partial charge in [0.25, 0.3) is 5.56 Å². The average molecular weight is 388 g/mol. The van der Waals surface area contributed by atoms with Crippen molar-refractivity contribution in [2.45, 2.75) is 36.4 Å². The Morgan fingerprint density at radius 1 is 1.19 bits per heavy atom. The Kier molecular flexibility index (Phi) is 5.22. The Bertz CT molecular complexity index is 1010. The molecule has 1 fully saturated rings. The van der Waals surface area contributed by atoms with Crippen molar-refractivity contribution in [3.8, 4) is 0 Å². The van der Waals surface area contributed by atoms with Crippen LogP contribution in [0.4, 0.5) is 8.78 Å². The maximum Gasteiger partial charge on any atom is 0.262 e. The van der Waals surface area contributed by atoms with Crippen molar-refractivity contribution in [3.05, 3.63) is 70.0 Å². The summed E-state index contributed by atoms with van der Waals surface area (Å²) in [5, 5.41) is 1.08. The van der Waals surface area contributed by atoms with Crippen LogP contribution in [0.2, 0.25) is 0 Å². The Balaban J connectivity index is 1.69. The molecule has 3 aromatic rings. The van der Waals surface area contributed by atoms with E-state index >= 15 is 0 Å². The maximum atomic E-state index is 13.4. The van der Waals surface area contributed by atoms with E-state index in [1.165, 1.54) is 23.9 Å². The molecular weight excluding hydrogens is 370 g/mol. The number of halogens is 2. The molecular formula is C20H18F2N2O2S. The van der Waals surface area contributed by atoms with Gasteiger partial charge in [0.1, 0.15) is 11.6 Å². The van der Waals surface area contributed by atoms with Crippen molar-refractivity contribution in [1.82, 2.24) is 9.55 Å². The third-order valence-corrected chi connectivity index (χ3v) is 5.57. The lowest BCUT2D eigenvalue weighted by atomic mass is 10.2. The number of ether oxygens (including phenoxy) is 1. The predicted molar refractivity (Wildman–Crippen MR) is 101 cm³/mol. The SMILES string of the molecule is O=c1c2ccccc2nc(SCc2cc(F)cc(F)c2)n1C[C@H]1CCCO1. The summed E-state index contributed by atoms with van der Waals surface area (Å²) in [5.74, 6) is -0.923. The molecule has 1 atom stereocenters. The topological polar surface area (TPSA) is 44.1 Å². The van der Waals surface area contributed by atoms with Crippen molar-refractivity contribution in [2.75, 3.05) is 6.61 Å². The summed E-state index contributed by atoms with van der Waals surface area (Å²) in [6, 6.07) is 10.6. The van der Waals surface area contributed by atoms with E-state index < -0.39 is 11.6 Å². The maximum absolute atomic E-state index is 13.4. The first kappa shape index (κ1) is 18.1. The molecule has 140 valence electrons. The molecule has 0 amide bonds. The summed E-state index contributed by atoms with van der Waals surface area (Å²) in [6.45, 7) is 1.13. The number of rotatable bonds is 5. The minimum atomic E-state index is -0.617. The average Bonchev–Trinajstić information content (AvgIpc) is 3.15. The number of aromatic nitrogens is 2. The highest BCUT2D eigenvalue weighted by molar-refractivity contribution is 7.98. The largest absolute Gasteiger partial charge is 0.376 e. The molecule has 0 saturated carbocycles. The van der Waals surface area contributed by atoms with Crippen LogP contribution in [0.3, 0.4) is 0 Å². The molecule has 7 heteroatoms. The number of hydrogen-bond donors (Lipinski definition) is 0. The lowest BCUT2D eigenvalue weighted by molar-refractivity contribution is 0.0937. The second kappa shape index (κ2) is 7.78. The molecule has 0 aliphatic carbocycles. The summed E-state index contributed by atoms with van der Waals surface area (Å²) in [5.41, 5.74) is 0.992. The summed E-state index contributed by atoms with van der Waals surface area (Å²) < 4.78 is 34.2. The molecule has 1 aromatic heterocycles. The first-order chi connectivity index (χ1) is 13.1. The highest BCUT2D eigenvalue weighted by atomic mass is 32.2. The quantitative estimate of drug-likeness (QED) is 0.487. The van der Waals surface area contributed by atoms with Crippen LogP contribution in [0.25, 0.3) is 10.9 Å². The molecule has 1 aliphatic rings. The molecule has 0 radical (unpaired) electrons. The molecule has 0 unspecified atom stereocenters. The highest BCUT2D eigenvalue weighted by Gasteiger charge is 2.20. The van der Waals surface area contributed by atoms with Crippen molar-refractivity contribution < 1.29 is 13.5 Å². The first-order valence-corrected chi connectivity index (χ1v) is 9.77. The second-order valence-corrected chi connectivity index (χ2v) is 7.47. The zero-order chi connectivity index (χ0) is 18.8. The third kappa shape index (κ3) is 4.04. The smallest absolute Gasteiger partial charge is 0.262 e. The van der Waals surface area contributed by atoms with Crippen molar-refractivity contribution in [1.29, 1.82) is 0 Å². The van der Waals surface area contributed by atoms with E-state index in [1.54, 1.807) is 16.7 Å². The molecule has 4 nitrogen and oxygen atoms in total. The Morgan fingerprint density at radius 2 is 1.96 bits per heavy atom. The van der Waals surface area contributed by atoms with Gasteiger partial charge in [0.15, 0.2) is 5.16 Å². The van der Waals surface area contributed by atoms with Crippen molar-refractivity contribution in [3.63, 3.8) is 0 Å². The Morgan fingerprint density at radius 3 is 2.70 bits per heavy atom. The van der Waals surface area contributed by atoms with E-state index in [0.717, 1.165) is 18.9 Å². The van der Waals surface area contributed by atoms with E-state index in [1.807, 2.05) is 12.1 Å². The molecule has 0 spiro atoms. The number of para-hydroxylation sites is 1. The van der Waals surface area contributed by atoms with Gasteiger partial charge in [-0.05, 0) is 42.7 Å². The van der Waals surface area contributed by atoms with Gasteiger partial charge in [0, 0.05) is 18.4 Å². The van der Waals surface area contributed by atoms with Gasteiger partial charge in [-0.1, -0.05) is 23.9 Å². The summed E-state index contributed by atoms with van der Waals surface area (Å²) in [6.07, 6.45) is 1.86. The molecule has 0 N–H and O–H groups in total. The van der Waals surface area contributed by atoms with Gasteiger partial charge in [0.05, 0.1) is 23.6 Å². The molecule has 1 saturated heterocycles. The normalized spacial score (nSPS) is 16.9. The number of fused-ring (bicyclic) bond motifs is 1. The summed E-state index contributed by atoms with van der Waals surface area (Å²) in [7, 11) is 0. The molecule has 27 heavy (non-hydrogen) atoms. The van der Waals surface area contributed by atoms with E-state index in [-0.39, 0.29) is 11.7 Å². The fourth-order valence-corrected chi connectivity index (χ4v) is 4.19. The van der Waals surface area contributed by atoms with Crippen molar-refractivity contribution in [2.24, 2.45) is 0 Å². The van der Waals surface area contributed by atoms with Crippen LogP contribution in [0.1, 0.15) is 18.4 Å². The van der Waals surface area contributed by atoms with Crippen LogP contribution >= 0.6 is 11.8 Å². The molecule has 0 bridgehead atoms. The lowest BCUT2D eigenvalue weighted by Crippen LogP contribution is -2.28. The van der Waals surface area contributed by atoms with Gasteiger partial charge in [0.2, 0.25) is 0 Å². The fourth-order valence-electron chi connectivity index (χ4n) is 3.25. The van der Waals surface area contributed by atoms with Crippen LogP contribution in [0.5, 0.6) is 0 Å². The third-order valence-electron chi connectivity index (χ3n) is 4.53. The van der Waals surface area contributed by atoms with Crippen LogP contribution in [0, 0.1) is 11.6 Å². The first-order valence-electron chi connectivity index (χ1n) is 8.79. The van der Waals surface area contributed by atoms with Crippen LogP contribution in [-0.4, -0.2) is 22.3 Å². The summed E-state index contributed by atoms with van der Waals surface area (Å²) >= 11 is 1.29. The monoisotopic (exact) mass is 388 g/mol. The van der Waals surface area contributed by atoms with E-state index in [4.69, 9.17) is 4.74 Å². The van der Waals surface area contributed by atoms with Crippen LogP contribution in [0.15, 0.2) is 52.4 Å². The molecule has 1 aliphatic heterocycles. The lowest BCUT2D eigenvalue weighted by Gasteiger charge is -2.16. The zero-order valence-electron chi connectivity index (χ0n) is 14.5. The van der Waals surface area contributed by atoms with Crippen LogP contribution in [-0.2, 0) is 17.0 Å². The number of hydrogen-bond acceptors (Lipinski definition) is 4. The molecule has 4 rings (SSSR count). The van der Waals surface area contributed by atoms with Gasteiger partial charge in [-0.25, -0.2) is 13.8 Å². The standard InChI is InChI=1S/C20H18F2N2O2S/c21-14-8-13(9-15(22)10-14)12-27-20-23-18-6-2-1-5-17(18)19(25)24(20)11-16-4-3-7-26-16/h1-2,5-6,8-10,16H,3-4,7,11-12H2/t16-/m1/s1. The zero-order valence-corrected chi connectivity index (χ0v) is 15.3. The van der Waals surface area contributed by atoms with Crippen molar-refractivity contribution >= 4 is 22.7 Å². The molecule has 2 heterocycles. The highest BCUT2D eigenvalue weighted by Crippen LogP contribution is 2.24. The minimum absolute atomic E-state index is 0.0170. The number of benzene rings is 2.